The fraction of sp³-hybridized carbons (Fsp3) is 0.240. The summed E-state index contributed by atoms with van der Waals surface area (Å²) in [5.74, 6) is 0. The lowest BCUT2D eigenvalue weighted by Gasteiger charge is -2.23. The molecule has 0 heterocycles. The average molecular weight is 390 g/mol. The molecule has 2 nitrogen and oxygen atoms in total. The lowest BCUT2D eigenvalue weighted by molar-refractivity contribution is 0.107. The van der Waals surface area contributed by atoms with Crippen LogP contribution in [0.25, 0.3) is 0 Å². The van der Waals surface area contributed by atoms with Crippen LogP contribution < -0.4 is 10.6 Å². The smallest absolute Gasteiger partial charge is 0.230 e. The molecule has 0 radical (unpaired) electrons. The third kappa shape index (κ3) is 3.27. The molecule has 1 atom stereocenters. The second kappa shape index (κ2) is 7.53. The molecule has 3 aromatic carbocycles. The molecule has 3 aromatic rings. The van der Waals surface area contributed by atoms with E-state index in [1.807, 2.05) is 96.1 Å². The zero-order valence-electron chi connectivity index (χ0n) is 17.5. The molecule has 0 saturated heterocycles. The summed E-state index contributed by atoms with van der Waals surface area (Å²) in [6.45, 7) is 11.9. The fourth-order valence-electron chi connectivity index (χ4n) is 3.96. The van der Waals surface area contributed by atoms with E-state index in [9.17, 15) is 9.36 Å². The summed E-state index contributed by atoms with van der Waals surface area (Å²) in [7, 11) is -3.53. The molecule has 3 heteroatoms. The first-order valence-corrected chi connectivity index (χ1v) is 11.2. The molecular weight excluding hydrogens is 363 g/mol. The maximum atomic E-state index is 14.6. The van der Waals surface area contributed by atoms with Gasteiger partial charge in [-0.25, -0.2) is 0 Å². The maximum Gasteiger partial charge on any atom is 0.230 e. The lowest BCUT2D eigenvalue weighted by atomic mass is 10.0. The van der Waals surface area contributed by atoms with Crippen molar-refractivity contribution in [1.29, 1.82) is 0 Å². The number of benzene rings is 3. The number of aryl methyl sites for hydroxylation is 4. The summed E-state index contributed by atoms with van der Waals surface area (Å²) in [5, 5.41) is 1.23. The van der Waals surface area contributed by atoms with E-state index < -0.39 is 7.14 Å². The van der Waals surface area contributed by atoms with Gasteiger partial charge in [-0.3, -0.25) is 4.79 Å². The van der Waals surface area contributed by atoms with Crippen LogP contribution in [0.2, 0.25) is 0 Å². The Morgan fingerprint density at radius 3 is 1.86 bits per heavy atom. The van der Waals surface area contributed by atoms with Gasteiger partial charge in [0.1, 0.15) is 0 Å². The van der Waals surface area contributed by atoms with E-state index in [-0.39, 0.29) is 5.52 Å². The molecule has 0 bridgehead atoms. The number of rotatable bonds is 4. The highest BCUT2D eigenvalue weighted by Crippen LogP contribution is 2.49. The Hall–Kier alpha value is -2.44. The Labute approximate surface area is 168 Å². The molecule has 28 heavy (non-hydrogen) atoms. The first-order chi connectivity index (χ1) is 13.2. The summed E-state index contributed by atoms with van der Waals surface area (Å²) < 4.78 is 14.6. The van der Waals surface area contributed by atoms with Crippen LogP contribution in [0.15, 0.2) is 54.6 Å². The van der Waals surface area contributed by atoms with Crippen molar-refractivity contribution in [3.8, 4) is 0 Å². The van der Waals surface area contributed by atoms with Crippen LogP contribution in [0, 0.1) is 41.5 Å². The summed E-state index contributed by atoms with van der Waals surface area (Å²) in [5.41, 5.74) is 6.30. The van der Waals surface area contributed by atoms with E-state index in [2.05, 4.69) is 0 Å². The number of carbonyl (C=O) groups is 1. The van der Waals surface area contributed by atoms with Crippen molar-refractivity contribution in [3.63, 3.8) is 0 Å². The second-order valence-electron chi connectivity index (χ2n) is 7.68. The van der Waals surface area contributed by atoms with Gasteiger partial charge >= 0.3 is 0 Å². The average Bonchev–Trinajstić information content (AvgIpc) is 2.65. The van der Waals surface area contributed by atoms with Gasteiger partial charge < -0.3 is 4.57 Å². The van der Waals surface area contributed by atoms with Crippen molar-refractivity contribution < 1.29 is 9.36 Å². The Balaban J connectivity index is 2.36. The van der Waals surface area contributed by atoms with E-state index in [1.54, 1.807) is 0 Å². The first-order valence-electron chi connectivity index (χ1n) is 9.53. The van der Waals surface area contributed by atoms with Crippen LogP contribution in [0.5, 0.6) is 0 Å². The van der Waals surface area contributed by atoms with E-state index in [0.29, 0.717) is 16.2 Å². The monoisotopic (exact) mass is 390 g/mol. The van der Waals surface area contributed by atoms with E-state index in [4.69, 9.17) is 0 Å². The molecule has 0 aromatic heterocycles. The quantitative estimate of drug-likeness (QED) is 0.536. The molecule has 0 aliphatic rings. The molecule has 0 amide bonds. The van der Waals surface area contributed by atoms with Crippen LogP contribution >= 0.6 is 7.14 Å². The minimum atomic E-state index is -3.53. The summed E-state index contributed by atoms with van der Waals surface area (Å²) in [4.78, 5) is 13.9. The summed E-state index contributed by atoms with van der Waals surface area (Å²) >= 11 is 0. The minimum Gasteiger partial charge on any atom is -0.305 e. The molecule has 3 rings (SSSR count). The highest BCUT2D eigenvalue weighted by atomic mass is 31.2. The molecule has 0 aliphatic carbocycles. The molecule has 0 saturated carbocycles. The Kier molecular flexibility index (Phi) is 5.46. The predicted molar refractivity (Wildman–Crippen MR) is 119 cm³/mol. The molecule has 0 aliphatic heterocycles. The van der Waals surface area contributed by atoms with Gasteiger partial charge in [-0.05, 0) is 69.4 Å². The van der Waals surface area contributed by atoms with E-state index in [1.165, 1.54) is 0 Å². The number of carbonyl (C=O) groups excluding carboxylic acids is 1. The summed E-state index contributed by atoms with van der Waals surface area (Å²) in [6, 6.07) is 17.0. The molecule has 1 unspecified atom stereocenters. The zero-order valence-corrected chi connectivity index (χ0v) is 18.4. The fourth-order valence-corrected chi connectivity index (χ4v) is 6.88. The standard InChI is InChI=1S/C25H27O2P/c1-16-14-18(3)24(19(4)15-16)25(26)28(27,22-10-8-7-9-11-22)23-13-12-17(2)20(5)21(23)6/h7-15H,1-6H3. The third-order valence-electron chi connectivity index (χ3n) is 5.67. The molecule has 0 N–H and O–H groups in total. The summed E-state index contributed by atoms with van der Waals surface area (Å²) in [6.07, 6.45) is 0. The van der Waals surface area contributed by atoms with Crippen molar-refractivity contribution in [2.24, 2.45) is 0 Å². The van der Waals surface area contributed by atoms with E-state index in [0.717, 1.165) is 33.4 Å². The van der Waals surface area contributed by atoms with E-state index >= 15 is 0 Å². The van der Waals surface area contributed by atoms with Gasteiger partial charge in [0.25, 0.3) is 0 Å². The highest BCUT2D eigenvalue weighted by molar-refractivity contribution is 7.93. The predicted octanol–water partition coefficient (Wildman–Crippen LogP) is 5.69. The van der Waals surface area contributed by atoms with Gasteiger partial charge in [0.2, 0.25) is 12.7 Å². The van der Waals surface area contributed by atoms with Gasteiger partial charge in [-0.2, -0.15) is 0 Å². The molecule has 0 spiro atoms. The molecular formula is C25H27O2P. The van der Waals surface area contributed by atoms with Crippen molar-refractivity contribution in [2.45, 2.75) is 41.5 Å². The zero-order chi connectivity index (χ0) is 20.6. The van der Waals surface area contributed by atoms with Crippen molar-refractivity contribution >= 4 is 23.3 Å². The van der Waals surface area contributed by atoms with Crippen LogP contribution in [0.4, 0.5) is 0 Å². The van der Waals surface area contributed by atoms with Gasteiger partial charge in [0, 0.05) is 16.2 Å². The Morgan fingerprint density at radius 1 is 0.714 bits per heavy atom. The second-order valence-corrected chi connectivity index (χ2v) is 10.3. The maximum absolute atomic E-state index is 14.6. The third-order valence-corrected chi connectivity index (χ3v) is 8.65. The highest BCUT2D eigenvalue weighted by Gasteiger charge is 2.39. The van der Waals surface area contributed by atoms with Gasteiger partial charge in [-0.15, -0.1) is 0 Å². The largest absolute Gasteiger partial charge is 0.305 e. The van der Waals surface area contributed by atoms with Gasteiger partial charge in [0.15, 0.2) is 0 Å². The van der Waals surface area contributed by atoms with Crippen LogP contribution in [-0.2, 0) is 4.57 Å². The van der Waals surface area contributed by atoms with Crippen LogP contribution in [0.1, 0.15) is 43.7 Å². The molecule has 144 valence electrons. The van der Waals surface area contributed by atoms with Crippen molar-refractivity contribution in [3.05, 3.63) is 93.5 Å². The number of hydrogen-bond acceptors (Lipinski definition) is 2. The Morgan fingerprint density at radius 2 is 1.29 bits per heavy atom. The first kappa shape index (κ1) is 20.3. The SMILES string of the molecule is Cc1cc(C)c(C(=O)P(=O)(c2ccccc2)c2ccc(C)c(C)c2C)c(C)c1. The minimum absolute atomic E-state index is 0.278. The van der Waals surface area contributed by atoms with Crippen molar-refractivity contribution in [2.75, 3.05) is 0 Å². The normalized spacial score (nSPS) is 13.2. The molecule has 0 fully saturated rings. The van der Waals surface area contributed by atoms with Gasteiger partial charge in [-0.1, -0.05) is 60.2 Å². The van der Waals surface area contributed by atoms with Crippen LogP contribution in [-0.4, -0.2) is 5.52 Å². The lowest BCUT2D eigenvalue weighted by Crippen LogP contribution is -2.26. The van der Waals surface area contributed by atoms with Crippen LogP contribution in [0.3, 0.4) is 0 Å². The van der Waals surface area contributed by atoms with Crippen molar-refractivity contribution in [1.82, 2.24) is 0 Å². The van der Waals surface area contributed by atoms with Gasteiger partial charge in [0.05, 0.1) is 0 Å². The Bertz CT molecular complexity index is 1090. The number of hydrogen-bond donors (Lipinski definition) is 0. The topological polar surface area (TPSA) is 34.1 Å².